The zero-order chi connectivity index (χ0) is 12.8. The minimum atomic E-state index is -0.528. The molecule has 0 aliphatic rings. The summed E-state index contributed by atoms with van der Waals surface area (Å²) < 4.78 is 5.27. The number of nitro groups is 1. The van der Waals surface area contributed by atoms with Crippen LogP contribution in [0.4, 0.5) is 5.69 Å². The van der Waals surface area contributed by atoms with Crippen molar-refractivity contribution in [3.63, 3.8) is 0 Å². The Balaban J connectivity index is 3.18. The van der Waals surface area contributed by atoms with E-state index in [0.29, 0.717) is 12.4 Å². The van der Waals surface area contributed by atoms with E-state index in [1.807, 2.05) is 0 Å². The number of carbonyl (C=O) groups is 1. The first kappa shape index (κ1) is 13.4. The van der Waals surface area contributed by atoms with Crippen LogP contribution in [0.1, 0.15) is 12.5 Å². The van der Waals surface area contributed by atoms with Gasteiger partial charge in [-0.1, -0.05) is 6.07 Å². The van der Waals surface area contributed by atoms with Crippen molar-refractivity contribution < 1.29 is 14.5 Å². The lowest BCUT2D eigenvalue weighted by Crippen LogP contribution is -2.08. The summed E-state index contributed by atoms with van der Waals surface area (Å²) in [5.41, 5.74) is 0.166. The SMILES string of the molecule is CCOc1cccc([N+](=O)[O-])c1CC(=O)CCl. The molecule has 6 heteroatoms. The van der Waals surface area contributed by atoms with Crippen LogP contribution in [-0.4, -0.2) is 23.2 Å². The molecule has 0 radical (unpaired) electrons. The van der Waals surface area contributed by atoms with Gasteiger partial charge in [-0.05, 0) is 13.0 Å². The third kappa shape index (κ3) is 3.42. The molecule has 0 atom stereocenters. The molecule has 1 rings (SSSR count). The van der Waals surface area contributed by atoms with E-state index in [4.69, 9.17) is 16.3 Å². The number of ether oxygens (including phenoxy) is 1. The van der Waals surface area contributed by atoms with Crippen LogP contribution in [0.2, 0.25) is 0 Å². The van der Waals surface area contributed by atoms with Gasteiger partial charge in [0.25, 0.3) is 5.69 Å². The number of halogens is 1. The predicted molar refractivity (Wildman–Crippen MR) is 63.7 cm³/mol. The Hall–Kier alpha value is -1.62. The predicted octanol–water partition coefficient (Wildman–Crippen LogP) is 2.34. The zero-order valence-electron chi connectivity index (χ0n) is 9.31. The van der Waals surface area contributed by atoms with Crippen molar-refractivity contribution in [2.24, 2.45) is 0 Å². The second-order valence-electron chi connectivity index (χ2n) is 3.29. The Labute approximate surface area is 103 Å². The van der Waals surface area contributed by atoms with Crippen molar-refractivity contribution in [1.82, 2.24) is 0 Å². The number of hydrogen-bond donors (Lipinski definition) is 0. The Morgan fingerprint density at radius 1 is 1.53 bits per heavy atom. The topological polar surface area (TPSA) is 69.4 Å². The quantitative estimate of drug-likeness (QED) is 0.446. The molecule has 0 N–H and O–H groups in total. The number of nitro benzene ring substituents is 1. The van der Waals surface area contributed by atoms with Crippen LogP contribution in [0, 0.1) is 10.1 Å². The Morgan fingerprint density at radius 2 is 2.24 bits per heavy atom. The molecule has 0 aromatic heterocycles. The van der Waals surface area contributed by atoms with Crippen LogP contribution in [0.5, 0.6) is 5.75 Å². The first-order chi connectivity index (χ1) is 8.10. The van der Waals surface area contributed by atoms with Gasteiger partial charge >= 0.3 is 0 Å². The second-order valence-corrected chi connectivity index (χ2v) is 3.56. The first-order valence-electron chi connectivity index (χ1n) is 5.06. The fraction of sp³-hybridized carbons (Fsp3) is 0.364. The molecule has 0 aliphatic heterocycles. The summed E-state index contributed by atoms with van der Waals surface area (Å²) in [4.78, 5) is 21.6. The largest absolute Gasteiger partial charge is 0.493 e. The van der Waals surface area contributed by atoms with Crippen LogP contribution in [0.25, 0.3) is 0 Å². The van der Waals surface area contributed by atoms with Crippen LogP contribution in [-0.2, 0) is 11.2 Å². The molecule has 1 aromatic carbocycles. The van der Waals surface area contributed by atoms with Crippen LogP contribution in [0.15, 0.2) is 18.2 Å². The molecular weight excluding hydrogens is 246 g/mol. The molecule has 17 heavy (non-hydrogen) atoms. The van der Waals surface area contributed by atoms with E-state index in [1.165, 1.54) is 12.1 Å². The molecule has 0 spiro atoms. The van der Waals surface area contributed by atoms with Gasteiger partial charge in [-0.15, -0.1) is 11.6 Å². The molecule has 0 bridgehead atoms. The maximum absolute atomic E-state index is 11.3. The molecule has 0 aliphatic carbocycles. The summed E-state index contributed by atoms with van der Waals surface area (Å²) in [6.07, 6.45) is -0.0873. The lowest BCUT2D eigenvalue weighted by atomic mass is 10.1. The molecule has 1 aromatic rings. The van der Waals surface area contributed by atoms with Crippen LogP contribution < -0.4 is 4.74 Å². The Kier molecular flexibility index (Phi) is 4.90. The summed E-state index contributed by atoms with van der Waals surface area (Å²) in [6, 6.07) is 4.48. The number of nitrogens with zero attached hydrogens (tertiary/aromatic N) is 1. The van der Waals surface area contributed by atoms with Crippen molar-refractivity contribution in [2.75, 3.05) is 12.5 Å². The number of rotatable bonds is 6. The third-order valence-electron chi connectivity index (χ3n) is 2.13. The number of Topliss-reactive ketones (excluding diaryl/α,β-unsaturated/α-hetero) is 1. The van der Waals surface area contributed by atoms with Crippen LogP contribution in [0.3, 0.4) is 0 Å². The second kappa shape index (κ2) is 6.20. The van der Waals surface area contributed by atoms with Gasteiger partial charge in [0, 0.05) is 12.5 Å². The average Bonchev–Trinajstić information content (AvgIpc) is 2.31. The van der Waals surface area contributed by atoms with Gasteiger partial charge in [-0.25, -0.2) is 0 Å². The molecule has 0 saturated carbocycles. The van der Waals surface area contributed by atoms with Crippen molar-refractivity contribution in [3.8, 4) is 5.75 Å². The summed E-state index contributed by atoms with van der Waals surface area (Å²) >= 11 is 5.40. The molecular formula is C11H12ClNO4. The normalized spacial score (nSPS) is 10.0. The molecule has 92 valence electrons. The van der Waals surface area contributed by atoms with Gasteiger partial charge in [0.05, 0.1) is 23.0 Å². The molecule has 5 nitrogen and oxygen atoms in total. The highest BCUT2D eigenvalue weighted by Gasteiger charge is 2.20. The third-order valence-corrected chi connectivity index (χ3v) is 2.43. The highest BCUT2D eigenvalue weighted by molar-refractivity contribution is 6.27. The van der Waals surface area contributed by atoms with Crippen molar-refractivity contribution in [3.05, 3.63) is 33.9 Å². The number of benzene rings is 1. The van der Waals surface area contributed by atoms with Gasteiger partial charge < -0.3 is 4.74 Å². The van der Waals surface area contributed by atoms with Crippen molar-refractivity contribution in [1.29, 1.82) is 0 Å². The monoisotopic (exact) mass is 257 g/mol. The fourth-order valence-electron chi connectivity index (χ4n) is 1.44. The molecule has 0 fully saturated rings. The van der Waals surface area contributed by atoms with Crippen molar-refractivity contribution in [2.45, 2.75) is 13.3 Å². The number of carbonyl (C=O) groups excluding carboxylic acids is 1. The van der Waals surface area contributed by atoms with Crippen molar-refractivity contribution >= 4 is 23.1 Å². The smallest absolute Gasteiger partial charge is 0.276 e. The highest BCUT2D eigenvalue weighted by Crippen LogP contribution is 2.29. The number of alkyl halides is 1. The van der Waals surface area contributed by atoms with Gasteiger partial charge in [0.1, 0.15) is 5.75 Å². The molecule has 0 saturated heterocycles. The number of ketones is 1. The minimum Gasteiger partial charge on any atom is -0.493 e. The van der Waals surface area contributed by atoms with E-state index in [0.717, 1.165) is 0 Å². The summed E-state index contributed by atoms with van der Waals surface area (Å²) in [6.45, 7) is 2.15. The summed E-state index contributed by atoms with van der Waals surface area (Å²) in [5.74, 6) is -0.0838. The summed E-state index contributed by atoms with van der Waals surface area (Å²) in [5, 5.41) is 10.9. The van der Waals surface area contributed by atoms with Crippen LogP contribution >= 0.6 is 11.6 Å². The molecule has 0 heterocycles. The molecule has 0 unspecified atom stereocenters. The maximum Gasteiger partial charge on any atom is 0.276 e. The maximum atomic E-state index is 11.3. The van der Waals surface area contributed by atoms with Gasteiger partial charge in [0.15, 0.2) is 5.78 Å². The van der Waals surface area contributed by atoms with Gasteiger partial charge in [-0.2, -0.15) is 0 Å². The fourth-order valence-corrected chi connectivity index (χ4v) is 1.53. The highest BCUT2D eigenvalue weighted by atomic mass is 35.5. The van der Waals surface area contributed by atoms with E-state index in [2.05, 4.69) is 0 Å². The van der Waals surface area contributed by atoms with E-state index in [-0.39, 0.29) is 29.3 Å². The Bertz CT molecular complexity index is 433. The number of hydrogen-bond acceptors (Lipinski definition) is 4. The summed E-state index contributed by atoms with van der Waals surface area (Å²) in [7, 11) is 0. The van der Waals surface area contributed by atoms with Gasteiger partial charge in [-0.3, -0.25) is 14.9 Å². The van der Waals surface area contributed by atoms with E-state index in [1.54, 1.807) is 13.0 Å². The minimum absolute atomic E-state index is 0.0873. The van der Waals surface area contributed by atoms with E-state index in [9.17, 15) is 14.9 Å². The van der Waals surface area contributed by atoms with Gasteiger partial charge in [0.2, 0.25) is 0 Å². The lowest BCUT2D eigenvalue weighted by Gasteiger charge is -2.09. The first-order valence-corrected chi connectivity index (χ1v) is 5.60. The van der Waals surface area contributed by atoms with E-state index >= 15 is 0 Å². The zero-order valence-corrected chi connectivity index (χ0v) is 10.1. The van der Waals surface area contributed by atoms with E-state index < -0.39 is 4.92 Å². The standard InChI is InChI=1S/C11H12ClNO4/c1-2-17-11-5-3-4-10(13(15)16)9(11)6-8(14)7-12/h3-5H,2,6-7H2,1H3. The molecule has 0 amide bonds. The average molecular weight is 258 g/mol. The lowest BCUT2D eigenvalue weighted by molar-refractivity contribution is -0.385. The Morgan fingerprint density at radius 3 is 2.76 bits per heavy atom.